The van der Waals surface area contributed by atoms with E-state index in [4.69, 9.17) is 11.6 Å². The molecule has 116 valence electrons. The maximum atomic E-state index is 12.2. The maximum absolute atomic E-state index is 12.2. The molecule has 0 saturated carbocycles. The van der Waals surface area contributed by atoms with E-state index in [1.165, 1.54) is 28.7 Å². The summed E-state index contributed by atoms with van der Waals surface area (Å²) < 4.78 is 2.86. The van der Waals surface area contributed by atoms with E-state index in [1.807, 2.05) is 6.07 Å². The van der Waals surface area contributed by atoms with Crippen molar-refractivity contribution in [1.82, 2.24) is 14.9 Å². The number of hydrogen-bond donors (Lipinski definition) is 2. The number of pyridine rings is 1. The molecule has 0 bridgehead atoms. The summed E-state index contributed by atoms with van der Waals surface area (Å²) in [6.07, 6.45) is 2.87. The minimum Gasteiger partial charge on any atom is -0.323 e. The fourth-order valence-electron chi connectivity index (χ4n) is 2.14. The molecular weight excluding hydrogens is 318 g/mol. The van der Waals surface area contributed by atoms with E-state index in [2.05, 4.69) is 15.5 Å². The van der Waals surface area contributed by atoms with Crippen molar-refractivity contribution < 1.29 is 9.48 Å². The van der Waals surface area contributed by atoms with Crippen molar-refractivity contribution >= 4 is 23.2 Å². The van der Waals surface area contributed by atoms with Crippen LogP contribution in [0.4, 0.5) is 5.69 Å². The van der Waals surface area contributed by atoms with Gasteiger partial charge in [-0.3, -0.25) is 4.79 Å². The van der Waals surface area contributed by atoms with Gasteiger partial charge in [0.1, 0.15) is 5.15 Å². The van der Waals surface area contributed by atoms with Crippen LogP contribution in [0.3, 0.4) is 0 Å². The molecule has 1 amide bonds. The molecule has 3 rings (SSSR count). The molecule has 2 N–H and O–H groups in total. The Morgan fingerprint density at radius 3 is 2.78 bits per heavy atom. The SMILES string of the molecule is CC(=O)Nc1ccccc1-[n+]1cc(=O)n(-c2ccc(Cl)nc2)[nH]1. The molecule has 7 nitrogen and oxygen atoms in total. The zero-order valence-electron chi connectivity index (χ0n) is 12.2. The van der Waals surface area contributed by atoms with Crippen molar-refractivity contribution in [1.29, 1.82) is 0 Å². The summed E-state index contributed by atoms with van der Waals surface area (Å²) in [5.74, 6) is -0.193. The number of nitrogens with zero attached hydrogens (tertiary/aromatic N) is 3. The van der Waals surface area contributed by atoms with Crippen LogP contribution in [0.5, 0.6) is 0 Å². The van der Waals surface area contributed by atoms with Gasteiger partial charge in [-0.15, -0.1) is 4.68 Å². The average Bonchev–Trinajstić information content (AvgIpc) is 2.90. The first kappa shape index (κ1) is 15.0. The predicted molar refractivity (Wildman–Crippen MR) is 85.0 cm³/mol. The summed E-state index contributed by atoms with van der Waals surface area (Å²) >= 11 is 5.76. The minimum atomic E-state index is -0.272. The molecule has 0 atom stereocenters. The van der Waals surface area contributed by atoms with Gasteiger partial charge in [-0.2, -0.15) is 0 Å². The Morgan fingerprint density at radius 2 is 2.09 bits per heavy atom. The second-order valence-electron chi connectivity index (χ2n) is 4.81. The summed E-state index contributed by atoms with van der Waals surface area (Å²) in [4.78, 5) is 27.5. The molecule has 0 fully saturated rings. The van der Waals surface area contributed by atoms with Crippen LogP contribution in [0.15, 0.2) is 53.6 Å². The average molecular weight is 331 g/mol. The molecule has 2 aromatic heterocycles. The maximum Gasteiger partial charge on any atom is 0.398 e. The highest BCUT2D eigenvalue weighted by Gasteiger charge is 2.17. The molecule has 0 aliphatic heterocycles. The third kappa shape index (κ3) is 3.14. The number of H-pyrrole nitrogens is 1. The number of amides is 1. The van der Waals surface area contributed by atoms with Crippen LogP contribution in [0.1, 0.15) is 6.92 Å². The predicted octanol–water partition coefficient (Wildman–Crippen LogP) is 1.45. The molecule has 0 aliphatic carbocycles. The van der Waals surface area contributed by atoms with E-state index >= 15 is 0 Å². The highest BCUT2D eigenvalue weighted by atomic mass is 35.5. The Bertz CT molecular complexity index is 914. The molecule has 23 heavy (non-hydrogen) atoms. The second-order valence-corrected chi connectivity index (χ2v) is 5.20. The van der Waals surface area contributed by atoms with E-state index < -0.39 is 0 Å². The molecule has 0 unspecified atom stereocenters. The van der Waals surface area contributed by atoms with Crippen LogP contribution in [-0.2, 0) is 4.79 Å². The molecule has 8 heteroatoms. The van der Waals surface area contributed by atoms with Gasteiger partial charge in [-0.1, -0.05) is 33.6 Å². The Labute approximate surface area is 136 Å². The quantitative estimate of drug-likeness (QED) is 0.563. The molecular formula is C15H13ClN5O2+. The number of hydrogen-bond acceptors (Lipinski definition) is 3. The molecule has 0 spiro atoms. The summed E-state index contributed by atoms with van der Waals surface area (Å²) in [5, 5.41) is 6.01. The zero-order chi connectivity index (χ0) is 16.4. The van der Waals surface area contributed by atoms with Crippen LogP contribution in [0.2, 0.25) is 5.15 Å². The lowest BCUT2D eigenvalue weighted by molar-refractivity contribution is -0.660. The molecule has 0 aliphatic rings. The number of carbonyl (C=O) groups excluding carboxylic acids is 1. The summed E-state index contributed by atoms with van der Waals surface area (Å²) in [5.41, 5.74) is 1.51. The van der Waals surface area contributed by atoms with E-state index in [1.54, 1.807) is 30.3 Å². The van der Waals surface area contributed by atoms with Gasteiger partial charge in [0.25, 0.3) is 0 Å². The van der Waals surface area contributed by atoms with Gasteiger partial charge in [0.05, 0.1) is 11.9 Å². The third-order valence-electron chi connectivity index (χ3n) is 3.11. The molecule has 0 radical (unpaired) electrons. The second kappa shape index (κ2) is 6.05. The van der Waals surface area contributed by atoms with Crippen LogP contribution >= 0.6 is 11.6 Å². The van der Waals surface area contributed by atoms with Gasteiger partial charge in [-0.05, 0) is 24.3 Å². The van der Waals surface area contributed by atoms with Crippen LogP contribution in [0, 0.1) is 0 Å². The number of benzene rings is 1. The van der Waals surface area contributed by atoms with Crippen LogP contribution < -0.4 is 15.6 Å². The van der Waals surface area contributed by atoms with E-state index in [0.717, 1.165) is 0 Å². The molecule has 0 saturated heterocycles. The number of anilines is 1. The molecule has 3 aromatic rings. The van der Waals surface area contributed by atoms with Crippen LogP contribution in [-0.4, -0.2) is 20.8 Å². The first-order valence-corrected chi connectivity index (χ1v) is 7.15. The number of aromatic amines is 1. The Balaban J connectivity index is 2.06. The summed E-state index contributed by atoms with van der Waals surface area (Å²) in [6, 6.07) is 10.4. The van der Waals surface area contributed by atoms with Crippen molar-refractivity contribution in [3.05, 3.63) is 64.3 Å². The van der Waals surface area contributed by atoms with Gasteiger partial charge in [0.15, 0.2) is 11.4 Å². The van der Waals surface area contributed by atoms with E-state index in [-0.39, 0.29) is 11.5 Å². The lowest BCUT2D eigenvalue weighted by Crippen LogP contribution is -2.34. The van der Waals surface area contributed by atoms with Crippen molar-refractivity contribution in [2.75, 3.05) is 5.32 Å². The number of nitrogens with one attached hydrogen (secondary N) is 2. The monoisotopic (exact) mass is 330 g/mol. The number of aromatic nitrogens is 4. The standard InChI is InChI=1S/C15H12ClN5O2/c1-10(22)18-12-4-2-3-5-13(12)20-9-15(23)21(19-20)11-6-7-14(16)17-8-11/h2-9H,1H3,(H-,18,19,22,23)/p+1. The van der Waals surface area contributed by atoms with Crippen molar-refractivity contribution in [2.24, 2.45) is 0 Å². The van der Waals surface area contributed by atoms with Gasteiger partial charge in [-0.25, -0.2) is 9.78 Å². The highest BCUT2D eigenvalue weighted by Crippen LogP contribution is 2.14. The normalized spacial score (nSPS) is 10.5. The Morgan fingerprint density at radius 1 is 1.30 bits per heavy atom. The van der Waals surface area contributed by atoms with E-state index in [0.29, 0.717) is 22.2 Å². The number of halogens is 1. The smallest absolute Gasteiger partial charge is 0.323 e. The topological polar surface area (TPSA) is 83.7 Å². The largest absolute Gasteiger partial charge is 0.398 e. The Kier molecular flexibility index (Phi) is 3.94. The molecule has 2 heterocycles. The van der Waals surface area contributed by atoms with Gasteiger partial charge in [0, 0.05) is 6.92 Å². The summed E-state index contributed by atoms with van der Waals surface area (Å²) in [6.45, 7) is 1.43. The lowest BCUT2D eigenvalue weighted by Gasteiger charge is -2.05. The van der Waals surface area contributed by atoms with Crippen molar-refractivity contribution in [2.45, 2.75) is 6.92 Å². The highest BCUT2D eigenvalue weighted by molar-refractivity contribution is 6.29. The first-order valence-electron chi connectivity index (χ1n) is 6.77. The van der Waals surface area contributed by atoms with Crippen LogP contribution in [0.25, 0.3) is 11.4 Å². The number of carbonyl (C=O) groups is 1. The fourth-order valence-corrected chi connectivity index (χ4v) is 2.25. The summed E-state index contributed by atoms with van der Waals surface area (Å²) in [7, 11) is 0. The number of rotatable bonds is 3. The van der Waals surface area contributed by atoms with Gasteiger partial charge < -0.3 is 5.32 Å². The zero-order valence-corrected chi connectivity index (χ0v) is 12.9. The Hall–Kier alpha value is -2.93. The third-order valence-corrected chi connectivity index (χ3v) is 3.34. The first-order chi connectivity index (χ1) is 11.0. The number of para-hydroxylation sites is 2. The van der Waals surface area contributed by atoms with Gasteiger partial charge >= 0.3 is 5.56 Å². The van der Waals surface area contributed by atoms with Crippen molar-refractivity contribution in [3.63, 3.8) is 0 Å². The molecule has 1 aromatic carbocycles. The van der Waals surface area contributed by atoms with E-state index in [9.17, 15) is 9.59 Å². The lowest BCUT2D eigenvalue weighted by atomic mass is 10.2. The van der Waals surface area contributed by atoms with Gasteiger partial charge in [0.2, 0.25) is 12.1 Å². The fraction of sp³-hybridized carbons (Fsp3) is 0.0667. The minimum absolute atomic E-state index is 0.193. The van der Waals surface area contributed by atoms with Crippen molar-refractivity contribution in [3.8, 4) is 11.4 Å².